The van der Waals surface area contributed by atoms with Crippen molar-refractivity contribution in [2.75, 3.05) is 49.1 Å². The molecule has 2 heterocycles. The molecular weight excluding hydrogens is 395 g/mol. The van der Waals surface area contributed by atoms with E-state index in [1.807, 2.05) is 4.90 Å². The Kier molecular flexibility index (Phi) is 5.21. The summed E-state index contributed by atoms with van der Waals surface area (Å²) in [5, 5.41) is 10.9. The number of nitro groups is 1. The number of non-ortho nitro benzene ring substituents is 1. The van der Waals surface area contributed by atoms with E-state index in [4.69, 9.17) is 4.74 Å². The number of nitro benzene ring substituents is 1. The third kappa shape index (κ3) is 3.88. The molecule has 1 saturated heterocycles. The number of amides is 1. The molecular formula is C20H19FN4O5. The first-order valence-electron chi connectivity index (χ1n) is 9.43. The lowest BCUT2D eigenvalue weighted by molar-refractivity contribution is -0.384. The summed E-state index contributed by atoms with van der Waals surface area (Å²) in [7, 11) is 0. The summed E-state index contributed by atoms with van der Waals surface area (Å²) in [5.74, 6) is -0.991. The molecule has 0 spiro atoms. The molecule has 2 aromatic carbocycles. The van der Waals surface area contributed by atoms with E-state index in [0.717, 1.165) is 0 Å². The molecule has 2 aliphatic rings. The van der Waals surface area contributed by atoms with Gasteiger partial charge >= 0.3 is 5.97 Å². The smallest absolute Gasteiger partial charge is 0.331 e. The number of carbonyl (C=O) groups is 2. The maximum absolute atomic E-state index is 14.0. The molecule has 2 aliphatic heterocycles. The van der Waals surface area contributed by atoms with E-state index in [9.17, 15) is 24.1 Å². The number of carbonyl (C=O) groups excluding carboxylic acids is 2. The number of benzene rings is 2. The highest BCUT2D eigenvalue weighted by Crippen LogP contribution is 2.35. The topological polar surface area (TPSA) is 96.2 Å². The summed E-state index contributed by atoms with van der Waals surface area (Å²) in [6.07, 6.45) is 0. The fourth-order valence-corrected chi connectivity index (χ4v) is 3.66. The van der Waals surface area contributed by atoms with Gasteiger partial charge < -0.3 is 19.4 Å². The number of hydrogen-bond acceptors (Lipinski definition) is 7. The van der Waals surface area contributed by atoms with Crippen LogP contribution in [0.1, 0.15) is 0 Å². The Bertz CT molecular complexity index is 1010. The van der Waals surface area contributed by atoms with Crippen molar-refractivity contribution >= 4 is 28.9 Å². The number of ether oxygens (including phenoxy) is 1. The van der Waals surface area contributed by atoms with Crippen molar-refractivity contribution in [2.24, 2.45) is 0 Å². The lowest BCUT2D eigenvalue weighted by Gasteiger charge is -2.37. The van der Waals surface area contributed by atoms with Crippen LogP contribution in [0.25, 0.3) is 0 Å². The maximum Gasteiger partial charge on any atom is 0.331 e. The Labute approximate surface area is 171 Å². The zero-order valence-electron chi connectivity index (χ0n) is 16.0. The first-order valence-corrected chi connectivity index (χ1v) is 9.43. The molecule has 10 heteroatoms. The summed E-state index contributed by atoms with van der Waals surface area (Å²) in [5.41, 5.74) is 0.774. The van der Waals surface area contributed by atoms with Crippen molar-refractivity contribution in [3.63, 3.8) is 0 Å². The van der Waals surface area contributed by atoms with Gasteiger partial charge in [0.2, 0.25) is 5.91 Å². The molecule has 30 heavy (non-hydrogen) atoms. The molecule has 0 radical (unpaired) electrons. The number of halogens is 1. The van der Waals surface area contributed by atoms with Gasteiger partial charge in [-0.2, -0.15) is 0 Å². The first kappa shape index (κ1) is 19.6. The first-order chi connectivity index (χ1) is 14.4. The van der Waals surface area contributed by atoms with E-state index in [0.29, 0.717) is 37.6 Å². The third-order valence-corrected chi connectivity index (χ3v) is 5.19. The van der Waals surface area contributed by atoms with Crippen LogP contribution in [0.5, 0.6) is 5.75 Å². The SMILES string of the molecule is O=C1CN(CC(=O)N2CCN(c3ccccc3F)CC2)c2ccc([N+](=O)[O-])cc2O1. The number of hydrogen-bond donors (Lipinski definition) is 0. The Morgan fingerprint density at radius 2 is 1.83 bits per heavy atom. The molecule has 0 N–H and O–H groups in total. The van der Waals surface area contributed by atoms with E-state index < -0.39 is 10.9 Å². The highest BCUT2D eigenvalue weighted by molar-refractivity contribution is 5.89. The Morgan fingerprint density at radius 1 is 1.10 bits per heavy atom. The molecule has 9 nitrogen and oxygen atoms in total. The third-order valence-electron chi connectivity index (χ3n) is 5.19. The van der Waals surface area contributed by atoms with Gasteiger partial charge in [-0.25, -0.2) is 9.18 Å². The summed E-state index contributed by atoms with van der Waals surface area (Å²) >= 11 is 0. The van der Waals surface area contributed by atoms with Crippen LogP contribution >= 0.6 is 0 Å². The van der Waals surface area contributed by atoms with Gasteiger partial charge in [-0.3, -0.25) is 14.9 Å². The number of fused-ring (bicyclic) bond motifs is 1. The fourth-order valence-electron chi connectivity index (χ4n) is 3.66. The van der Waals surface area contributed by atoms with Crippen LogP contribution in [0.4, 0.5) is 21.5 Å². The van der Waals surface area contributed by atoms with Crippen molar-refractivity contribution in [1.29, 1.82) is 0 Å². The molecule has 4 rings (SSSR count). The molecule has 1 amide bonds. The maximum atomic E-state index is 14.0. The quantitative estimate of drug-likeness (QED) is 0.326. The highest BCUT2D eigenvalue weighted by Gasteiger charge is 2.30. The number of rotatable bonds is 4. The Morgan fingerprint density at radius 3 is 2.53 bits per heavy atom. The molecule has 0 aromatic heterocycles. The van der Waals surface area contributed by atoms with Crippen molar-refractivity contribution in [1.82, 2.24) is 4.90 Å². The van der Waals surface area contributed by atoms with Gasteiger partial charge in [-0.05, 0) is 18.2 Å². The van der Waals surface area contributed by atoms with Crippen molar-refractivity contribution in [3.05, 3.63) is 58.4 Å². The average molecular weight is 414 g/mol. The normalized spacial score (nSPS) is 16.2. The highest BCUT2D eigenvalue weighted by atomic mass is 19.1. The summed E-state index contributed by atoms with van der Waals surface area (Å²) in [6.45, 7) is 1.68. The predicted octanol–water partition coefficient (Wildman–Crippen LogP) is 1.81. The predicted molar refractivity (Wildman–Crippen MR) is 106 cm³/mol. The number of piperazine rings is 1. The van der Waals surface area contributed by atoms with Crippen LogP contribution in [-0.2, 0) is 9.59 Å². The molecule has 0 unspecified atom stereocenters. The second kappa shape index (κ2) is 7.97. The van der Waals surface area contributed by atoms with Crippen molar-refractivity contribution in [2.45, 2.75) is 0 Å². The Hall–Kier alpha value is -3.69. The average Bonchev–Trinajstić information content (AvgIpc) is 2.73. The molecule has 2 aromatic rings. The molecule has 156 valence electrons. The molecule has 1 fully saturated rings. The molecule has 0 saturated carbocycles. The number of anilines is 2. The van der Waals surface area contributed by atoms with E-state index in [2.05, 4.69) is 0 Å². The van der Waals surface area contributed by atoms with Gasteiger partial charge in [0.25, 0.3) is 5.69 Å². The second-order valence-corrected chi connectivity index (χ2v) is 7.06. The van der Waals surface area contributed by atoms with E-state index in [1.165, 1.54) is 24.3 Å². The number of esters is 1. The van der Waals surface area contributed by atoms with Gasteiger partial charge in [0.1, 0.15) is 12.4 Å². The Balaban J connectivity index is 1.42. The van der Waals surface area contributed by atoms with E-state index in [1.54, 1.807) is 28.0 Å². The van der Waals surface area contributed by atoms with Crippen LogP contribution in [-0.4, -0.2) is 61.0 Å². The summed E-state index contributed by atoms with van der Waals surface area (Å²) in [6, 6.07) is 10.5. The van der Waals surface area contributed by atoms with E-state index >= 15 is 0 Å². The number of nitrogens with zero attached hydrogens (tertiary/aromatic N) is 4. The van der Waals surface area contributed by atoms with E-state index in [-0.39, 0.29) is 36.3 Å². The minimum atomic E-state index is -0.583. The van der Waals surface area contributed by atoms with Gasteiger partial charge in [0, 0.05) is 32.2 Å². The summed E-state index contributed by atoms with van der Waals surface area (Å²) < 4.78 is 19.1. The zero-order chi connectivity index (χ0) is 21.3. The molecule has 0 aliphatic carbocycles. The fraction of sp³-hybridized carbons (Fsp3) is 0.300. The van der Waals surface area contributed by atoms with Gasteiger partial charge in [0.05, 0.1) is 28.9 Å². The minimum absolute atomic E-state index is 0.0559. The standard InChI is InChI=1S/C20H19FN4O5/c21-15-3-1-2-4-16(15)22-7-9-23(10-8-22)19(26)12-24-13-20(27)30-18-11-14(25(28)29)5-6-17(18)24/h1-6,11H,7-10,12-13H2. The van der Waals surface area contributed by atoms with Gasteiger partial charge in [0.15, 0.2) is 5.75 Å². The van der Waals surface area contributed by atoms with Gasteiger partial charge in [-0.15, -0.1) is 0 Å². The van der Waals surface area contributed by atoms with Crippen molar-refractivity contribution in [3.8, 4) is 5.75 Å². The molecule has 0 atom stereocenters. The van der Waals surface area contributed by atoms with Crippen LogP contribution < -0.4 is 14.5 Å². The lowest BCUT2D eigenvalue weighted by atomic mass is 10.2. The summed E-state index contributed by atoms with van der Waals surface area (Å²) in [4.78, 5) is 40.2. The van der Waals surface area contributed by atoms with Crippen molar-refractivity contribution < 1.29 is 23.6 Å². The van der Waals surface area contributed by atoms with Crippen LogP contribution in [0.15, 0.2) is 42.5 Å². The molecule has 0 bridgehead atoms. The second-order valence-electron chi connectivity index (χ2n) is 7.06. The minimum Gasteiger partial charge on any atom is -0.423 e. The lowest BCUT2D eigenvalue weighted by Crippen LogP contribution is -2.52. The van der Waals surface area contributed by atoms with Crippen LogP contribution in [0, 0.1) is 15.9 Å². The number of para-hydroxylation sites is 1. The van der Waals surface area contributed by atoms with Gasteiger partial charge in [-0.1, -0.05) is 12.1 Å². The van der Waals surface area contributed by atoms with Crippen LogP contribution in [0.2, 0.25) is 0 Å². The monoisotopic (exact) mass is 414 g/mol. The largest absolute Gasteiger partial charge is 0.423 e. The zero-order valence-corrected chi connectivity index (χ0v) is 16.0. The van der Waals surface area contributed by atoms with Crippen LogP contribution in [0.3, 0.4) is 0 Å².